The average Bonchev–Trinajstić information content (AvgIpc) is 3.74. The van der Waals surface area contributed by atoms with Crippen molar-refractivity contribution >= 4 is 58.6 Å². The van der Waals surface area contributed by atoms with Crippen LogP contribution in [0, 0.1) is 0 Å². The van der Waals surface area contributed by atoms with Crippen LogP contribution in [0.15, 0.2) is 85.5 Å². The summed E-state index contributed by atoms with van der Waals surface area (Å²) in [4.78, 5) is 63.0. The molecule has 17 nitrogen and oxygen atoms in total. The molecule has 21 heteroatoms. The van der Waals surface area contributed by atoms with E-state index in [0.717, 1.165) is 12.7 Å². The van der Waals surface area contributed by atoms with Gasteiger partial charge in [0.2, 0.25) is 11.9 Å². The number of nitrogens with one attached hydrogen (secondary N) is 5. The van der Waals surface area contributed by atoms with Gasteiger partial charge < -0.3 is 36.1 Å². The quantitative estimate of drug-likeness (QED) is 0.0738. The Balaban J connectivity index is 1.05. The molecule has 3 amide bonds. The number of carbonyl (C=O) groups excluding carboxylic acids is 4. The molecule has 6 rings (SSSR count). The Kier molecular flexibility index (Phi) is 12.1. The van der Waals surface area contributed by atoms with Crippen LogP contribution in [-0.4, -0.2) is 85.9 Å². The molecule has 5 aromatic rings. The van der Waals surface area contributed by atoms with Gasteiger partial charge >= 0.3 is 30.0 Å². The van der Waals surface area contributed by atoms with Crippen molar-refractivity contribution < 1.29 is 41.8 Å². The minimum absolute atomic E-state index is 0.0341. The third-order valence-electron chi connectivity index (χ3n) is 8.42. The summed E-state index contributed by atoms with van der Waals surface area (Å²) in [6.07, 6.45) is -0.409. The second-order valence-electron chi connectivity index (χ2n) is 12.6. The second-order valence-corrected chi connectivity index (χ2v) is 13.0. The highest BCUT2D eigenvalue weighted by Gasteiger charge is 2.45. The fraction of sp³-hybridized carbons (Fsp3) is 0.250. The number of nitrogens with zero attached hydrogens (tertiary/aromatic N) is 6. The highest BCUT2D eigenvalue weighted by atomic mass is 35.5. The molecule has 2 heterocycles. The summed E-state index contributed by atoms with van der Waals surface area (Å²) in [6.45, 7) is -1.80. The maximum atomic E-state index is 13.1. The van der Waals surface area contributed by atoms with Crippen LogP contribution < -0.4 is 31.3 Å². The zero-order valence-corrected chi connectivity index (χ0v) is 30.6. The van der Waals surface area contributed by atoms with E-state index >= 15 is 0 Å². The minimum Gasteiger partial charge on any atom is -0.467 e. The molecule has 1 atom stereocenters. The molecular weight excluding hydrogens is 775 g/mol. The lowest BCUT2D eigenvalue weighted by molar-refractivity contribution is -0.154. The number of methoxy groups -OCH3 is 1. The predicted octanol–water partition coefficient (Wildman–Crippen LogP) is 4.31. The number of hydrogen-bond donors (Lipinski definition) is 5. The molecule has 2 aromatic heterocycles. The topological polar surface area (TPSA) is 216 Å². The van der Waals surface area contributed by atoms with Gasteiger partial charge in [0.1, 0.15) is 18.7 Å². The molecule has 5 N–H and O–H groups in total. The summed E-state index contributed by atoms with van der Waals surface area (Å²) >= 11 is 6.03. The molecule has 57 heavy (non-hydrogen) atoms. The van der Waals surface area contributed by atoms with E-state index in [1.54, 1.807) is 41.0 Å². The van der Waals surface area contributed by atoms with E-state index < -0.39 is 54.1 Å². The first-order chi connectivity index (χ1) is 27.3. The molecule has 0 aliphatic heterocycles. The van der Waals surface area contributed by atoms with E-state index in [1.807, 2.05) is 12.1 Å². The Bertz CT molecular complexity index is 2220. The number of benzene rings is 3. The molecule has 296 valence electrons. The number of aromatic nitrogens is 6. The highest BCUT2D eigenvalue weighted by molar-refractivity contribution is 6.39. The summed E-state index contributed by atoms with van der Waals surface area (Å²) < 4.78 is 50.2. The number of anilines is 4. The van der Waals surface area contributed by atoms with Gasteiger partial charge in [0, 0.05) is 28.5 Å². The van der Waals surface area contributed by atoms with Gasteiger partial charge in [-0.05, 0) is 79.4 Å². The first-order valence-electron chi connectivity index (χ1n) is 17.1. The van der Waals surface area contributed by atoms with Gasteiger partial charge in [0.05, 0.1) is 18.3 Å². The van der Waals surface area contributed by atoms with Crippen molar-refractivity contribution in [2.45, 2.75) is 37.0 Å². The van der Waals surface area contributed by atoms with E-state index in [9.17, 15) is 32.3 Å². The van der Waals surface area contributed by atoms with E-state index in [0.29, 0.717) is 34.9 Å². The monoisotopic (exact) mass is 807 g/mol. The summed E-state index contributed by atoms with van der Waals surface area (Å²) in [5.74, 6) is -3.57. The van der Waals surface area contributed by atoms with Crippen LogP contribution >= 0.6 is 11.6 Å². The number of carbonyl (C=O) groups is 4. The molecule has 0 bridgehead atoms. The third-order valence-corrected chi connectivity index (χ3v) is 8.67. The largest absolute Gasteiger partial charge is 0.467 e. The van der Waals surface area contributed by atoms with Crippen molar-refractivity contribution in [2.75, 3.05) is 36.2 Å². The van der Waals surface area contributed by atoms with Crippen LogP contribution in [0.4, 0.5) is 36.4 Å². The molecular formula is C36H33ClF3N11O6. The number of esters is 1. The standard InChI is InChI=1S/C36H33ClF3N11O6/c1-56-31(55)27(13-16-41-29(53)30(54)44-25-3-2-4-26(17-25)51-19-42-43-20-51)46-28(52)21-5-11-24(12-6-21)45-32-47-33(49-34(48-32)57-18-36(38,39)40)50-35(14-15-35)22-7-9-23(37)10-8-22/h2-12,17,19-20,27H,13-16,18H2,1H3,(H,41,53)(H,44,54)(H,46,52)(H2,45,47,48,49,50)/t27-/m0/s1. The minimum atomic E-state index is -4.64. The van der Waals surface area contributed by atoms with Crippen LogP contribution in [0.25, 0.3) is 5.69 Å². The maximum Gasteiger partial charge on any atom is 0.422 e. The Morgan fingerprint density at radius 1 is 0.895 bits per heavy atom. The van der Waals surface area contributed by atoms with Crippen LogP contribution in [0.5, 0.6) is 6.01 Å². The van der Waals surface area contributed by atoms with Crippen molar-refractivity contribution in [2.24, 2.45) is 0 Å². The number of amides is 3. The highest BCUT2D eigenvalue weighted by Crippen LogP contribution is 2.48. The number of hydrogen-bond acceptors (Lipinski definition) is 13. The second kappa shape index (κ2) is 17.3. The molecule has 3 aromatic carbocycles. The number of ether oxygens (including phenoxy) is 2. The van der Waals surface area contributed by atoms with Crippen molar-refractivity contribution in [1.29, 1.82) is 0 Å². The van der Waals surface area contributed by atoms with Gasteiger partial charge in [0.25, 0.3) is 5.91 Å². The molecule has 1 saturated carbocycles. The SMILES string of the molecule is COC(=O)[C@H](CCNC(=O)C(=O)Nc1cccc(-n2cnnc2)c1)NC(=O)c1ccc(Nc2nc(NC3(c4ccc(Cl)cc4)CC3)nc(OCC(F)(F)F)n2)cc1. The van der Waals surface area contributed by atoms with Crippen LogP contribution in [0.3, 0.4) is 0 Å². The number of halogens is 4. The molecule has 0 spiro atoms. The van der Waals surface area contributed by atoms with E-state index in [2.05, 4.69) is 51.7 Å². The molecule has 1 aliphatic carbocycles. The van der Waals surface area contributed by atoms with Crippen molar-refractivity contribution in [1.82, 2.24) is 40.3 Å². The fourth-order valence-corrected chi connectivity index (χ4v) is 5.54. The van der Waals surface area contributed by atoms with Gasteiger partial charge in [0.15, 0.2) is 6.61 Å². The summed E-state index contributed by atoms with van der Waals surface area (Å²) in [5.41, 5.74) is 1.79. The molecule has 1 aliphatic rings. The lowest BCUT2D eigenvalue weighted by Crippen LogP contribution is -2.44. The number of rotatable bonds is 15. The smallest absolute Gasteiger partial charge is 0.422 e. The summed E-state index contributed by atoms with van der Waals surface area (Å²) in [5, 5.41) is 21.5. The zero-order chi connectivity index (χ0) is 40.6. The van der Waals surface area contributed by atoms with E-state index in [1.165, 1.54) is 36.9 Å². The fourth-order valence-electron chi connectivity index (χ4n) is 5.42. The van der Waals surface area contributed by atoms with Gasteiger partial charge in [-0.25, -0.2) is 4.79 Å². The molecule has 0 unspecified atom stereocenters. The summed E-state index contributed by atoms with van der Waals surface area (Å²) in [6, 6.07) is 17.8. The normalized spacial score (nSPS) is 13.4. The van der Waals surface area contributed by atoms with Gasteiger partial charge in [-0.2, -0.15) is 28.1 Å². The maximum absolute atomic E-state index is 13.1. The molecule has 0 radical (unpaired) electrons. The van der Waals surface area contributed by atoms with Crippen LogP contribution in [-0.2, 0) is 24.7 Å². The Morgan fingerprint density at radius 2 is 1.60 bits per heavy atom. The third kappa shape index (κ3) is 10.9. The Labute approximate surface area is 326 Å². The predicted molar refractivity (Wildman–Crippen MR) is 198 cm³/mol. The number of alkyl halides is 3. The van der Waals surface area contributed by atoms with Gasteiger partial charge in [-0.15, -0.1) is 10.2 Å². The first kappa shape index (κ1) is 39.9. The van der Waals surface area contributed by atoms with Gasteiger partial charge in [-0.1, -0.05) is 29.8 Å². The molecule has 0 saturated heterocycles. The van der Waals surface area contributed by atoms with Crippen LogP contribution in [0.1, 0.15) is 35.2 Å². The Morgan fingerprint density at radius 3 is 2.26 bits per heavy atom. The Hall–Kier alpha value is -6.83. The average molecular weight is 808 g/mol. The lowest BCUT2D eigenvalue weighted by Gasteiger charge is -2.19. The van der Waals surface area contributed by atoms with Crippen molar-refractivity contribution in [3.05, 3.63) is 102 Å². The zero-order valence-electron chi connectivity index (χ0n) is 29.8. The van der Waals surface area contributed by atoms with Gasteiger partial charge in [-0.3, -0.25) is 19.0 Å². The summed E-state index contributed by atoms with van der Waals surface area (Å²) in [7, 11) is 1.13. The van der Waals surface area contributed by atoms with Crippen molar-refractivity contribution in [3.63, 3.8) is 0 Å². The van der Waals surface area contributed by atoms with Crippen LogP contribution in [0.2, 0.25) is 5.02 Å². The molecule has 1 fully saturated rings. The van der Waals surface area contributed by atoms with E-state index in [4.69, 9.17) is 21.1 Å². The first-order valence-corrected chi connectivity index (χ1v) is 17.5. The lowest BCUT2D eigenvalue weighted by atomic mass is 10.1. The van der Waals surface area contributed by atoms with Crippen molar-refractivity contribution in [3.8, 4) is 11.7 Å². The van der Waals surface area contributed by atoms with E-state index in [-0.39, 0.29) is 30.4 Å².